The molecular weight excluding hydrogens is 378 g/mol. The monoisotopic (exact) mass is 426 g/mol. The molecule has 0 aromatic carbocycles. The van der Waals surface area contributed by atoms with Crippen molar-refractivity contribution in [3.63, 3.8) is 0 Å². The second kappa shape index (κ2) is 12.6. The molecule has 0 saturated heterocycles. The Balaban J connectivity index is 1.45. The maximum Gasteiger partial charge on any atom is 0.367 e. The summed E-state index contributed by atoms with van der Waals surface area (Å²) >= 11 is 0. The fourth-order valence-electron chi connectivity index (χ4n) is 7.44. The van der Waals surface area contributed by atoms with Crippen molar-refractivity contribution >= 4 is 13.8 Å². The van der Waals surface area contributed by atoms with E-state index in [1.165, 1.54) is 128 Å². The molecule has 0 radical (unpaired) electrons. The second-order valence-corrected chi connectivity index (χ2v) is 11.4. The van der Waals surface area contributed by atoms with Crippen LogP contribution in [0.5, 0.6) is 0 Å². The van der Waals surface area contributed by atoms with Crippen LogP contribution >= 0.6 is 0 Å². The Hall–Kier alpha value is -0.530. The molecule has 4 heteroatoms. The van der Waals surface area contributed by atoms with Crippen LogP contribution in [0.25, 0.3) is 0 Å². The van der Waals surface area contributed by atoms with Crippen molar-refractivity contribution in [2.45, 2.75) is 159 Å². The smallest absolute Gasteiger partial charge is 0.367 e. The van der Waals surface area contributed by atoms with E-state index in [4.69, 9.17) is 9.31 Å². The molecule has 2 nitrogen and oxygen atoms in total. The van der Waals surface area contributed by atoms with E-state index in [0.29, 0.717) is 13.8 Å². The minimum absolute atomic E-state index is 0.394. The van der Waals surface area contributed by atoms with Crippen LogP contribution in [0, 0.1) is 0 Å². The van der Waals surface area contributed by atoms with Crippen LogP contribution in [-0.4, -0.2) is 13.8 Å². The van der Waals surface area contributed by atoms with E-state index in [9.17, 15) is 0 Å². The van der Waals surface area contributed by atoms with Crippen LogP contribution < -0.4 is 0 Å². The van der Waals surface area contributed by atoms with E-state index in [0.717, 1.165) is 29.2 Å². The summed E-state index contributed by atoms with van der Waals surface area (Å²) in [6, 6.07) is 0. The Morgan fingerprint density at radius 1 is 0.484 bits per heavy atom. The molecule has 4 fully saturated rings. The number of rotatable bonds is 8. The van der Waals surface area contributed by atoms with Crippen LogP contribution in [0.3, 0.4) is 0 Å². The molecule has 0 bridgehead atoms. The van der Waals surface area contributed by atoms with Gasteiger partial charge in [0.1, 0.15) is 0 Å². The molecule has 0 spiro atoms. The molecule has 0 aromatic rings. The number of allylic oxidation sites excluding steroid dienone is 1. The molecule has 0 amide bonds. The molecule has 0 aliphatic heterocycles. The van der Waals surface area contributed by atoms with Gasteiger partial charge in [0.15, 0.2) is 0 Å². The maximum atomic E-state index is 6.93. The first-order valence-electron chi connectivity index (χ1n) is 14.3. The predicted octanol–water partition coefficient (Wildman–Crippen LogP) is 9.20. The SMILES string of the molecule is CC=C(OB(C1CCCCC1)C1CCCCC1)OB(C1CCCCC1)C1CCCCC1. The van der Waals surface area contributed by atoms with Gasteiger partial charge in [0, 0.05) is 0 Å². The first-order valence-corrected chi connectivity index (χ1v) is 14.3. The van der Waals surface area contributed by atoms with Gasteiger partial charge < -0.3 is 9.31 Å². The molecular formula is C27H48B2O2. The lowest BCUT2D eigenvalue weighted by atomic mass is 9.41. The lowest BCUT2D eigenvalue weighted by molar-refractivity contribution is 0.198. The van der Waals surface area contributed by atoms with E-state index in [1.807, 2.05) is 0 Å². The first-order chi connectivity index (χ1) is 15.3. The lowest BCUT2D eigenvalue weighted by Crippen LogP contribution is -2.37. The van der Waals surface area contributed by atoms with Crippen molar-refractivity contribution in [1.29, 1.82) is 0 Å². The summed E-state index contributed by atoms with van der Waals surface area (Å²) in [7, 11) is 0. The van der Waals surface area contributed by atoms with Crippen molar-refractivity contribution in [3.05, 3.63) is 12.0 Å². The minimum Gasteiger partial charge on any atom is -0.537 e. The Bertz CT molecular complexity index is 447. The van der Waals surface area contributed by atoms with Gasteiger partial charge in [-0.1, -0.05) is 128 Å². The van der Waals surface area contributed by atoms with Crippen LogP contribution in [0.4, 0.5) is 0 Å². The van der Waals surface area contributed by atoms with Crippen LogP contribution in [0.15, 0.2) is 12.0 Å². The van der Waals surface area contributed by atoms with Gasteiger partial charge in [-0.3, -0.25) is 0 Å². The van der Waals surface area contributed by atoms with Gasteiger partial charge in [-0.05, 0) is 36.3 Å². The summed E-state index contributed by atoms with van der Waals surface area (Å²) in [5, 5.41) is 0. The first kappa shape index (κ1) is 23.6. The molecule has 4 rings (SSSR count). The third kappa shape index (κ3) is 6.73. The van der Waals surface area contributed by atoms with Crippen molar-refractivity contribution in [3.8, 4) is 0 Å². The lowest BCUT2D eigenvalue weighted by Gasteiger charge is -2.38. The highest BCUT2D eigenvalue weighted by molar-refractivity contribution is 6.57. The van der Waals surface area contributed by atoms with Crippen LogP contribution in [-0.2, 0) is 9.31 Å². The van der Waals surface area contributed by atoms with Gasteiger partial charge in [-0.15, -0.1) is 0 Å². The van der Waals surface area contributed by atoms with E-state index in [-0.39, 0.29) is 0 Å². The van der Waals surface area contributed by atoms with E-state index >= 15 is 0 Å². The Labute approximate surface area is 193 Å². The van der Waals surface area contributed by atoms with Gasteiger partial charge >= 0.3 is 13.8 Å². The van der Waals surface area contributed by atoms with Crippen molar-refractivity contribution in [1.82, 2.24) is 0 Å². The highest BCUT2D eigenvalue weighted by Gasteiger charge is 2.42. The second-order valence-electron chi connectivity index (χ2n) is 11.4. The summed E-state index contributed by atoms with van der Waals surface area (Å²) in [6.45, 7) is 2.93. The summed E-state index contributed by atoms with van der Waals surface area (Å²) in [5.41, 5.74) is 0. The van der Waals surface area contributed by atoms with Crippen LogP contribution in [0.1, 0.15) is 135 Å². The third-order valence-corrected chi connectivity index (χ3v) is 9.20. The van der Waals surface area contributed by atoms with E-state index in [1.54, 1.807) is 0 Å². The number of hydrogen-bond acceptors (Lipinski definition) is 2. The molecule has 0 unspecified atom stereocenters. The quantitative estimate of drug-likeness (QED) is 0.285. The number of hydrogen-bond donors (Lipinski definition) is 0. The van der Waals surface area contributed by atoms with Crippen LogP contribution in [0.2, 0.25) is 23.3 Å². The standard InChI is InChI=1S/C27H48B2O2/c1-2-27(30-28(23-15-7-3-8-16-23)24-17-9-4-10-18-24)31-29(25-19-11-5-12-20-25)26-21-13-6-14-22-26/h2,23-26H,3-22H2,1H3. The average Bonchev–Trinajstić information content (AvgIpc) is 2.86. The Morgan fingerprint density at radius 2 is 0.742 bits per heavy atom. The van der Waals surface area contributed by atoms with Gasteiger partial charge in [0.05, 0.1) is 0 Å². The average molecular weight is 426 g/mol. The van der Waals surface area contributed by atoms with E-state index < -0.39 is 0 Å². The molecule has 174 valence electrons. The van der Waals surface area contributed by atoms with Gasteiger partial charge in [0.2, 0.25) is 5.95 Å². The zero-order chi connectivity index (χ0) is 21.3. The van der Waals surface area contributed by atoms with Gasteiger partial charge in [0.25, 0.3) is 0 Å². The van der Waals surface area contributed by atoms with E-state index in [2.05, 4.69) is 13.0 Å². The molecule has 4 saturated carbocycles. The largest absolute Gasteiger partial charge is 0.537 e. The Kier molecular flexibility index (Phi) is 9.63. The summed E-state index contributed by atoms with van der Waals surface area (Å²) in [5.74, 6) is 3.88. The molecule has 0 N–H and O–H groups in total. The molecule has 0 atom stereocenters. The zero-order valence-electron chi connectivity index (χ0n) is 20.5. The molecule has 0 heterocycles. The minimum atomic E-state index is 0.394. The summed E-state index contributed by atoms with van der Waals surface area (Å²) in [6.07, 6.45) is 30.0. The zero-order valence-corrected chi connectivity index (χ0v) is 20.5. The van der Waals surface area contributed by atoms with Crippen molar-refractivity contribution in [2.24, 2.45) is 0 Å². The fourth-order valence-corrected chi connectivity index (χ4v) is 7.44. The topological polar surface area (TPSA) is 18.5 Å². The molecule has 31 heavy (non-hydrogen) atoms. The van der Waals surface area contributed by atoms with Gasteiger partial charge in [-0.25, -0.2) is 0 Å². The van der Waals surface area contributed by atoms with Crippen molar-refractivity contribution < 1.29 is 9.31 Å². The Morgan fingerprint density at radius 3 is 0.968 bits per heavy atom. The highest BCUT2D eigenvalue weighted by Crippen LogP contribution is 2.45. The van der Waals surface area contributed by atoms with Gasteiger partial charge in [-0.2, -0.15) is 0 Å². The maximum absolute atomic E-state index is 6.93. The summed E-state index contributed by atoms with van der Waals surface area (Å²) in [4.78, 5) is 0. The normalized spacial score (nSPS) is 25.1. The summed E-state index contributed by atoms with van der Waals surface area (Å²) < 4.78 is 13.9. The fraction of sp³-hybridized carbons (Fsp3) is 0.926. The highest BCUT2D eigenvalue weighted by atomic mass is 16.6. The molecule has 4 aliphatic carbocycles. The third-order valence-electron chi connectivity index (χ3n) is 9.20. The van der Waals surface area contributed by atoms with Crippen molar-refractivity contribution in [2.75, 3.05) is 0 Å². The molecule has 0 aromatic heterocycles. The predicted molar refractivity (Wildman–Crippen MR) is 135 cm³/mol. The molecule has 4 aliphatic rings.